The molecule has 0 unspecified atom stereocenters. The number of hydrogen-bond acceptors (Lipinski definition) is 4. The first-order valence-electron chi connectivity index (χ1n) is 13.3. The van der Waals surface area contributed by atoms with E-state index in [0.717, 1.165) is 42.1 Å². The Hall–Kier alpha value is -1.40. The number of H-pyrrole nitrogens is 1. The van der Waals surface area contributed by atoms with E-state index < -0.39 is 18.0 Å². The Balaban J connectivity index is 0.00000612. The molecule has 0 aliphatic carbocycles. The maximum atomic E-state index is 12.2. The van der Waals surface area contributed by atoms with E-state index in [1.54, 1.807) is 0 Å². The first-order valence-corrected chi connectivity index (χ1v) is 13.3. The van der Waals surface area contributed by atoms with Gasteiger partial charge in [0.25, 0.3) is 0 Å². The molecule has 0 bridgehead atoms. The molecular formula is C29H45N2NaO3. The van der Waals surface area contributed by atoms with E-state index in [1.165, 1.54) is 57.8 Å². The van der Waals surface area contributed by atoms with Gasteiger partial charge in [-0.05, 0) is 43.7 Å². The number of para-hydroxylation sites is 1. The second kappa shape index (κ2) is 19.7. The van der Waals surface area contributed by atoms with E-state index >= 15 is 0 Å². The number of benzene rings is 1. The first kappa shape index (κ1) is 31.6. The molecule has 0 saturated carbocycles. The van der Waals surface area contributed by atoms with Crippen molar-refractivity contribution in [3.05, 3.63) is 48.2 Å². The second-order valence-electron chi connectivity index (χ2n) is 9.30. The van der Waals surface area contributed by atoms with Crippen LogP contribution in [-0.4, -0.2) is 23.0 Å². The molecule has 0 amide bonds. The van der Waals surface area contributed by atoms with Crippen LogP contribution in [0.2, 0.25) is 0 Å². The molecule has 1 aromatic carbocycles. The molecule has 3 N–H and O–H groups in total. The van der Waals surface area contributed by atoms with Gasteiger partial charge in [0.15, 0.2) is 0 Å². The van der Waals surface area contributed by atoms with Gasteiger partial charge in [-0.1, -0.05) is 88.6 Å². The van der Waals surface area contributed by atoms with Crippen LogP contribution in [0.5, 0.6) is 0 Å². The Morgan fingerprint density at radius 3 is 2.23 bits per heavy atom. The third-order valence-corrected chi connectivity index (χ3v) is 6.27. The maximum Gasteiger partial charge on any atom is 1.00 e. The number of unbranched alkanes of at least 4 members (excludes halogenated alkanes) is 11. The summed E-state index contributed by atoms with van der Waals surface area (Å²) in [5.41, 5.74) is 7.93. The van der Waals surface area contributed by atoms with Crippen molar-refractivity contribution >= 4 is 22.8 Å². The third-order valence-electron chi connectivity index (χ3n) is 6.27. The van der Waals surface area contributed by atoms with E-state index in [2.05, 4.69) is 24.1 Å². The molecule has 35 heavy (non-hydrogen) atoms. The van der Waals surface area contributed by atoms with Gasteiger partial charge in [0, 0.05) is 29.9 Å². The smallest absolute Gasteiger partial charge is 1.00 e. The van der Waals surface area contributed by atoms with Gasteiger partial charge in [-0.3, -0.25) is 4.79 Å². The monoisotopic (exact) mass is 492 g/mol. The molecule has 1 aromatic heterocycles. The van der Waals surface area contributed by atoms with Crippen LogP contribution >= 0.6 is 0 Å². The standard InChI is InChI=1S/C29H44N2O3.Na.H/c1-2-3-4-5-6-7-8-9-10-11-12-13-14-15-16-21-28(32)34-29(33)26(30)22-24-23-31-27-20-18-17-19-25(24)27;;/h9-10,17-20,23,26,31H,2-8,11-16,21-22,30H2,1H3;;/q;+1;-1/b10-9-;;/t26-;;/m0../s1. The number of allylic oxidation sites excluding steroid dienone is 2. The summed E-state index contributed by atoms with van der Waals surface area (Å²) in [6.07, 6.45) is 22.7. The minimum Gasteiger partial charge on any atom is -1.00 e. The third kappa shape index (κ3) is 13.5. The molecule has 0 fully saturated rings. The molecule has 1 atom stereocenters. The molecule has 1 heterocycles. The predicted molar refractivity (Wildman–Crippen MR) is 142 cm³/mol. The van der Waals surface area contributed by atoms with Crippen LogP contribution in [0.15, 0.2) is 42.6 Å². The van der Waals surface area contributed by atoms with E-state index in [0.29, 0.717) is 6.42 Å². The average Bonchev–Trinajstić information content (AvgIpc) is 3.24. The van der Waals surface area contributed by atoms with Gasteiger partial charge in [0.05, 0.1) is 0 Å². The largest absolute Gasteiger partial charge is 1.00 e. The molecular weight excluding hydrogens is 447 g/mol. The van der Waals surface area contributed by atoms with Crippen LogP contribution in [0.4, 0.5) is 0 Å². The van der Waals surface area contributed by atoms with Crippen LogP contribution < -0.4 is 35.3 Å². The molecule has 2 aromatic rings. The minimum atomic E-state index is -0.850. The topological polar surface area (TPSA) is 85.2 Å². The fourth-order valence-electron chi connectivity index (χ4n) is 4.20. The molecule has 0 saturated heterocycles. The molecule has 0 spiro atoms. The van der Waals surface area contributed by atoms with Crippen molar-refractivity contribution in [3.8, 4) is 0 Å². The van der Waals surface area contributed by atoms with Crippen LogP contribution in [0.25, 0.3) is 10.9 Å². The van der Waals surface area contributed by atoms with Crippen molar-refractivity contribution < 1.29 is 45.3 Å². The Labute approximate surface area is 235 Å². The number of rotatable bonds is 18. The van der Waals surface area contributed by atoms with Crippen molar-refractivity contribution in [2.75, 3.05) is 0 Å². The maximum absolute atomic E-state index is 12.2. The van der Waals surface area contributed by atoms with E-state index in [4.69, 9.17) is 10.5 Å². The zero-order chi connectivity index (χ0) is 24.4. The number of aromatic nitrogens is 1. The van der Waals surface area contributed by atoms with Gasteiger partial charge >= 0.3 is 41.5 Å². The minimum absolute atomic E-state index is 0. The summed E-state index contributed by atoms with van der Waals surface area (Å²) in [5, 5.41) is 1.03. The number of nitrogens with one attached hydrogen (secondary N) is 1. The van der Waals surface area contributed by atoms with Gasteiger partial charge in [-0.2, -0.15) is 0 Å². The normalized spacial score (nSPS) is 12.1. The van der Waals surface area contributed by atoms with Crippen LogP contribution in [0.1, 0.15) is 104 Å². The number of carbonyl (C=O) groups excluding carboxylic acids is 2. The fourth-order valence-corrected chi connectivity index (χ4v) is 4.20. The van der Waals surface area contributed by atoms with Gasteiger partial charge in [-0.15, -0.1) is 0 Å². The number of nitrogens with two attached hydrogens (primary N) is 1. The predicted octanol–water partition coefficient (Wildman–Crippen LogP) is 4.26. The molecule has 5 nitrogen and oxygen atoms in total. The summed E-state index contributed by atoms with van der Waals surface area (Å²) >= 11 is 0. The van der Waals surface area contributed by atoms with Crippen LogP contribution in [-0.2, 0) is 20.7 Å². The van der Waals surface area contributed by atoms with Gasteiger partial charge < -0.3 is 16.9 Å². The van der Waals surface area contributed by atoms with Crippen molar-refractivity contribution in [3.63, 3.8) is 0 Å². The number of hydrogen-bond donors (Lipinski definition) is 2. The van der Waals surface area contributed by atoms with Gasteiger partial charge in [0.2, 0.25) is 0 Å². The number of ether oxygens (including phenoxy) is 1. The fraction of sp³-hybridized carbons (Fsp3) is 0.586. The van der Waals surface area contributed by atoms with E-state index in [1.807, 2.05) is 30.5 Å². The first-order chi connectivity index (χ1) is 16.6. The summed E-state index contributed by atoms with van der Waals surface area (Å²) in [4.78, 5) is 27.4. The Kier molecular flexibility index (Phi) is 17.8. The molecule has 2 rings (SSSR count). The summed E-state index contributed by atoms with van der Waals surface area (Å²) in [5.74, 6) is -1.12. The zero-order valence-electron chi connectivity index (χ0n) is 23.0. The number of esters is 2. The van der Waals surface area contributed by atoms with Gasteiger partial charge in [0.1, 0.15) is 6.04 Å². The molecule has 0 aliphatic rings. The quantitative estimate of drug-likeness (QED) is 0.107. The van der Waals surface area contributed by atoms with Crippen molar-refractivity contribution in [2.24, 2.45) is 5.73 Å². The summed E-state index contributed by atoms with van der Waals surface area (Å²) < 4.78 is 4.97. The molecule has 0 aliphatic heterocycles. The van der Waals surface area contributed by atoms with E-state index in [-0.39, 0.29) is 37.4 Å². The number of aromatic amines is 1. The summed E-state index contributed by atoms with van der Waals surface area (Å²) in [6, 6.07) is 7.00. The average molecular weight is 493 g/mol. The van der Waals surface area contributed by atoms with Crippen molar-refractivity contribution in [1.82, 2.24) is 4.98 Å². The second-order valence-corrected chi connectivity index (χ2v) is 9.30. The SMILES string of the molecule is CCCCCCCC/C=C\CCCCCCCC(=O)OC(=O)[C@@H](N)Cc1c[nH]c2ccccc12.[H-].[Na+]. The Bertz CT molecular complexity index is 884. The number of fused-ring (bicyclic) bond motifs is 1. The Morgan fingerprint density at radius 1 is 0.943 bits per heavy atom. The molecule has 190 valence electrons. The van der Waals surface area contributed by atoms with Crippen molar-refractivity contribution in [2.45, 2.75) is 109 Å². The van der Waals surface area contributed by atoms with Gasteiger partial charge in [-0.25, -0.2) is 4.79 Å². The summed E-state index contributed by atoms with van der Waals surface area (Å²) in [7, 11) is 0. The molecule has 6 heteroatoms. The van der Waals surface area contributed by atoms with E-state index in [9.17, 15) is 9.59 Å². The summed E-state index contributed by atoms with van der Waals surface area (Å²) in [6.45, 7) is 2.25. The van der Waals surface area contributed by atoms with Crippen LogP contribution in [0, 0.1) is 0 Å². The van der Waals surface area contributed by atoms with Crippen molar-refractivity contribution in [1.29, 1.82) is 0 Å². The Morgan fingerprint density at radius 2 is 1.54 bits per heavy atom. The molecule has 0 radical (unpaired) electrons. The van der Waals surface area contributed by atoms with Crippen LogP contribution in [0.3, 0.4) is 0 Å². The zero-order valence-corrected chi connectivity index (χ0v) is 24.0. The number of carbonyl (C=O) groups is 2.